The molecule has 0 saturated heterocycles. The van der Waals surface area contributed by atoms with E-state index in [1.54, 1.807) is 0 Å². The largest absolute Gasteiger partial charge is 0.395 e. The molecule has 0 spiro atoms. The number of hydrogen-bond acceptors (Lipinski definition) is 4. The maximum Gasteiger partial charge on any atom is 0.0556 e. The minimum absolute atomic E-state index is 0.201. The first-order valence-corrected chi connectivity index (χ1v) is 7.58. The second-order valence-electron chi connectivity index (χ2n) is 4.77. The lowest BCUT2D eigenvalue weighted by molar-refractivity contribution is 0.291. The predicted octanol–water partition coefficient (Wildman–Crippen LogP) is 1.54. The second-order valence-corrected chi connectivity index (χ2v) is 4.77. The average Bonchev–Trinajstić information content (AvgIpc) is 2.58. The third-order valence-corrected chi connectivity index (χ3v) is 2.92. The standard InChI is InChI=1S/2C9H13NO/c2*11-7-6-10-8-9-4-2-1-3-5-9/h2*1-5,10-11H,6-8H2. The molecule has 2 aromatic rings. The number of hydrogen-bond donors (Lipinski definition) is 4. The summed E-state index contributed by atoms with van der Waals surface area (Å²) in [6.45, 7) is 3.40. The highest BCUT2D eigenvalue weighted by atomic mass is 16.3. The average molecular weight is 302 g/mol. The van der Waals surface area contributed by atoms with Crippen LogP contribution in [-0.2, 0) is 13.1 Å². The van der Waals surface area contributed by atoms with Gasteiger partial charge < -0.3 is 20.8 Å². The molecular weight excluding hydrogens is 276 g/mol. The Kier molecular flexibility index (Phi) is 10.8. The van der Waals surface area contributed by atoms with Gasteiger partial charge in [0, 0.05) is 26.2 Å². The van der Waals surface area contributed by atoms with Crippen molar-refractivity contribution in [2.24, 2.45) is 0 Å². The summed E-state index contributed by atoms with van der Waals surface area (Å²) in [6.07, 6.45) is 0. The van der Waals surface area contributed by atoms with E-state index in [9.17, 15) is 0 Å². The Morgan fingerprint density at radius 1 is 0.591 bits per heavy atom. The van der Waals surface area contributed by atoms with Crippen LogP contribution in [0.15, 0.2) is 60.7 Å². The van der Waals surface area contributed by atoms with E-state index < -0.39 is 0 Å². The first kappa shape index (κ1) is 18.3. The monoisotopic (exact) mass is 302 g/mol. The van der Waals surface area contributed by atoms with Gasteiger partial charge in [0.2, 0.25) is 0 Å². The zero-order valence-corrected chi connectivity index (χ0v) is 12.9. The third-order valence-electron chi connectivity index (χ3n) is 2.92. The van der Waals surface area contributed by atoms with Crippen molar-refractivity contribution < 1.29 is 10.2 Å². The van der Waals surface area contributed by atoms with Gasteiger partial charge in [0.25, 0.3) is 0 Å². The lowest BCUT2D eigenvalue weighted by atomic mass is 10.2. The summed E-state index contributed by atoms with van der Waals surface area (Å²) in [7, 11) is 0. The van der Waals surface area contributed by atoms with E-state index in [0.29, 0.717) is 13.1 Å². The Labute approximate surface area is 132 Å². The quantitative estimate of drug-likeness (QED) is 0.559. The Bertz CT molecular complexity index is 418. The Morgan fingerprint density at radius 2 is 0.955 bits per heavy atom. The summed E-state index contributed by atoms with van der Waals surface area (Å²) in [5.74, 6) is 0. The molecule has 0 heterocycles. The van der Waals surface area contributed by atoms with Crippen molar-refractivity contribution in [1.82, 2.24) is 10.6 Å². The molecular formula is C18H26N2O2. The molecule has 0 amide bonds. The highest BCUT2D eigenvalue weighted by Gasteiger charge is 1.88. The summed E-state index contributed by atoms with van der Waals surface area (Å²) >= 11 is 0. The van der Waals surface area contributed by atoms with E-state index in [0.717, 1.165) is 13.1 Å². The van der Waals surface area contributed by atoms with Crippen LogP contribution in [0.4, 0.5) is 0 Å². The molecule has 0 saturated carbocycles. The van der Waals surface area contributed by atoms with Crippen molar-refractivity contribution in [2.75, 3.05) is 26.3 Å². The van der Waals surface area contributed by atoms with Crippen LogP contribution in [0.25, 0.3) is 0 Å². The van der Waals surface area contributed by atoms with Crippen molar-refractivity contribution in [3.63, 3.8) is 0 Å². The van der Waals surface area contributed by atoms with Crippen molar-refractivity contribution in [2.45, 2.75) is 13.1 Å². The first-order valence-electron chi connectivity index (χ1n) is 7.58. The van der Waals surface area contributed by atoms with Crippen LogP contribution in [0, 0.1) is 0 Å². The summed E-state index contributed by atoms with van der Waals surface area (Å²) in [4.78, 5) is 0. The van der Waals surface area contributed by atoms with Crippen LogP contribution >= 0.6 is 0 Å². The van der Waals surface area contributed by atoms with Crippen LogP contribution in [-0.4, -0.2) is 36.5 Å². The van der Waals surface area contributed by atoms with Crippen molar-refractivity contribution in [1.29, 1.82) is 0 Å². The molecule has 0 aliphatic carbocycles. The van der Waals surface area contributed by atoms with Crippen LogP contribution < -0.4 is 10.6 Å². The summed E-state index contributed by atoms with van der Waals surface area (Å²) < 4.78 is 0. The third kappa shape index (κ3) is 9.26. The SMILES string of the molecule is OCCNCc1ccccc1.OCCNCc1ccccc1. The highest BCUT2D eigenvalue weighted by molar-refractivity contribution is 5.14. The molecule has 120 valence electrons. The van der Waals surface area contributed by atoms with Gasteiger partial charge in [-0.15, -0.1) is 0 Å². The molecule has 0 atom stereocenters. The van der Waals surface area contributed by atoms with E-state index >= 15 is 0 Å². The summed E-state index contributed by atoms with van der Waals surface area (Å²) in [5.41, 5.74) is 2.50. The molecule has 0 aromatic heterocycles. The Balaban J connectivity index is 0.000000220. The summed E-state index contributed by atoms with van der Waals surface area (Å²) in [5, 5.41) is 23.2. The maximum absolute atomic E-state index is 8.48. The molecule has 0 radical (unpaired) electrons. The lowest BCUT2D eigenvalue weighted by Crippen LogP contribution is -2.17. The molecule has 0 bridgehead atoms. The topological polar surface area (TPSA) is 64.5 Å². The van der Waals surface area contributed by atoms with Gasteiger partial charge in [-0.05, 0) is 11.1 Å². The van der Waals surface area contributed by atoms with E-state index in [1.165, 1.54) is 11.1 Å². The number of nitrogens with one attached hydrogen (secondary N) is 2. The Hall–Kier alpha value is -1.72. The van der Waals surface area contributed by atoms with Gasteiger partial charge in [-0.3, -0.25) is 0 Å². The van der Waals surface area contributed by atoms with Gasteiger partial charge in [-0.1, -0.05) is 60.7 Å². The summed E-state index contributed by atoms with van der Waals surface area (Å²) in [6, 6.07) is 20.3. The Morgan fingerprint density at radius 3 is 1.27 bits per heavy atom. The van der Waals surface area contributed by atoms with Gasteiger partial charge in [-0.2, -0.15) is 0 Å². The van der Waals surface area contributed by atoms with Gasteiger partial charge in [0.1, 0.15) is 0 Å². The number of benzene rings is 2. The zero-order chi connectivity index (χ0) is 15.9. The zero-order valence-electron chi connectivity index (χ0n) is 12.9. The molecule has 0 aliphatic rings. The normalized spacial score (nSPS) is 9.91. The van der Waals surface area contributed by atoms with Crippen molar-refractivity contribution in [3.05, 3.63) is 71.8 Å². The molecule has 4 heteroatoms. The van der Waals surface area contributed by atoms with E-state index in [-0.39, 0.29) is 13.2 Å². The van der Waals surface area contributed by atoms with Gasteiger partial charge >= 0.3 is 0 Å². The van der Waals surface area contributed by atoms with Crippen molar-refractivity contribution >= 4 is 0 Å². The predicted molar refractivity (Wildman–Crippen MR) is 90.5 cm³/mol. The fourth-order valence-electron chi connectivity index (χ4n) is 1.82. The lowest BCUT2D eigenvalue weighted by Gasteiger charge is -2.01. The molecule has 4 N–H and O–H groups in total. The number of rotatable bonds is 8. The van der Waals surface area contributed by atoms with E-state index in [1.807, 2.05) is 36.4 Å². The fraction of sp³-hybridized carbons (Fsp3) is 0.333. The molecule has 0 fully saturated rings. The molecule has 0 unspecified atom stereocenters. The first-order chi connectivity index (χ1) is 10.9. The highest BCUT2D eigenvalue weighted by Crippen LogP contribution is 1.96. The minimum atomic E-state index is 0.201. The van der Waals surface area contributed by atoms with E-state index in [4.69, 9.17) is 10.2 Å². The molecule has 0 aliphatic heterocycles. The van der Waals surface area contributed by atoms with E-state index in [2.05, 4.69) is 34.9 Å². The van der Waals surface area contributed by atoms with Crippen LogP contribution in [0.1, 0.15) is 11.1 Å². The minimum Gasteiger partial charge on any atom is -0.395 e. The van der Waals surface area contributed by atoms with Gasteiger partial charge in [0.05, 0.1) is 13.2 Å². The second kappa shape index (κ2) is 13.0. The van der Waals surface area contributed by atoms with Gasteiger partial charge in [0.15, 0.2) is 0 Å². The van der Waals surface area contributed by atoms with Crippen molar-refractivity contribution in [3.8, 4) is 0 Å². The molecule has 2 rings (SSSR count). The smallest absolute Gasteiger partial charge is 0.0556 e. The van der Waals surface area contributed by atoms with Gasteiger partial charge in [-0.25, -0.2) is 0 Å². The number of aliphatic hydroxyl groups excluding tert-OH is 2. The number of aliphatic hydroxyl groups is 2. The van der Waals surface area contributed by atoms with Crippen LogP contribution in [0.3, 0.4) is 0 Å². The maximum atomic E-state index is 8.48. The molecule has 4 nitrogen and oxygen atoms in total. The molecule has 2 aromatic carbocycles. The molecule has 22 heavy (non-hydrogen) atoms. The van der Waals surface area contributed by atoms with Crippen LogP contribution in [0.2, 0.25) is 0 Å². The van der Waals surface area contributed by atoms with Crippen LogP contribution in [0.5, 0.6) is 0 Å². The fourth-order valence-corrected chi connectivity index (χ4v) is 1.82.